The van der Waals surface area contributed by atoms with Gasteiger partial charge in [0.1, 0.15) is 0 Å². The lowest BCUT2D eigenvalue weighted by molar-refractivity contribution is -0.121. The molecule has 4 heteroatoms. The van der Waals surface area contributed by atoms with Crippen LogP contribution in [0.4, 0.5) is 0 Å². The van der Waals surface area contributed by atoms with Crippen LogP contribution in [0.25, 0.3) is 0 Å². The molecule has 0 atom stereocenters. The molecule has 0 heterocycles. The highest BCUT2D eigenvalue weighted by molar-refractivity contribution is 5.75. The number of hydrogen-bond acceptors (Lipinski definition) is 3. The van der Waals surface area contributed by atoms with Gasteiger partial charge in [0.05, 0.1) is 0 Å². The summed E-state index contributed by atoms with van der Waals surface area (Å²) in [5, 5.41) is 0. The van der Waals surface area contributed by atoms with E-state index in [0.29, 0.717) is 6.42 Å². The first-order chi connectivity index (χ1) is 6.24. The van der Waals surface area contributed by atoms with Crippen LogP contribution in [0.5, 0.6) is 0 Å². The van der Waals surface area contributed by atoms with E-state index in [-0.39, 0.29) is 5.91 Å². The molecule has 0 bridgehead atoms. The molecule has 1 aliphatic rings. The molecule has 1 saturated carbocycles. The van der Waals surface area contributed by atoms with E-state index >= 15 is 0 Å². The standard InChI is InChI=1S/C9H19N3O/c1-12(8-4-2-5-8)7-3-6-9(13)11-10/h8H,2-7,10H2,1H3,(H,11,13). The lowest BCUT2D eigenvalue weighted by atomic mass is 9.92. The van der Waals surface area contributed by atoms with E-state index in [0.717, 1.165) is 19.0 Å². The Balaban J connectivity index is 2.01. The van der Waals surface area contributed by atoms with E-state index in [4.69, 9.17) is 5.84 Å². The fourth-order valence-corrected chi connectivity index (χ4v) is 1.57. The average Bonchev–Trinajstić information content (AvgIpc) is 2.01. The van der Waals surface area contributed by atoms with Crippen molar-refractivity contribution < 1.29 is 4.79 Å². The Labute approximate surface area is 79.4 Å². The van der Waals surface area contributed by atoms with Gasteiger partial charge >= 0.3 is 0 Å². The van der Waals surface area contributed by atoms with Crippen molar-refractivity contribution in [3.8, 4) is 0 Å². The van der Waals surface area contributed by atoms with Crippen LogP contribution in [0.3, 0.4) is 0 Å². The number of amides is 1. The van der Waals surface area contributed by atoms with Crippen molar-refractivity contribution in [2.75, 3.05) is 13.6 Å². The normalized spacial score (nSPS) is 17.2. The summed E-state index contributed by atoms with van der Waals surface area (Å²) in [6.07, 6.45) is 5.43. The molecule has 0 aromatic carbocycles. The molecule has 0 aromatic rings. The molecule has 4 nitrogen and oxygen atoms in total. The van der Waals surface area contributed by atoms with Crippen LogP contribution >= 0.6 is 0 Å². The van der Waals surface area contributed by atoms with E-state index < -0.39 is 0 Å². The minimum atomic E-state index is -0.0676. The van der Waals surface area contributed by atoms with Crippen LogP contribution in [0.2, 0.25) is 0 Å². The lowest BCUT2D eigenvalue weighted by Gasteiger charge is -2.34. The molecule has 0 aliphatic heterocycles. The Bertz CT molecular complexity index is 168. The van der Waals surface area contributed by atoms with Crippen molar-refractivity contribution in [2.45, 2.75) is 38.1 Å². The highest BCUT2D eigenvalue weighted by atomic mass is 16.2. The molecule has 3 N–H and O–H groups in total. The van der Waals surface area contributed by atoms with Crippen molar-refractivity contribution in [1.82, 2.24) is 10.3 Å². The Morgan fingerprint density at radius 3 is 2.77 bits per heavy atom. The first-order valence-electron chi connectivity index (χ1n) is 4.93. The van der Waals surface area contributed by atoms with Crippen molar-refractivity contribution in [3.63, 3.8) is 0 Å². The van der Waals surface area contributed by atoms with Gasteiger partial charge in [-0.1, -0.05) is 6.42 Å². The number of hydrazine groups is 1. The highest BCUT2D eigenvalue weighted by Gasteiger charge is 2.21. The number of rotatable bonds is 5. The van der Waals surface area contributed by atoms with E-state index in [1.165, 1.54) is 19.3 Å². The molecule has 1 aliphatic carbocycles. The molecule has 1 rings (SSSR count). The average molecular weight is 185 g/mol. The van der Waals surface area contributed by atoms with Gasteiger partial charge in [-0.15, -0.1) is 0 Å². The number of carbonyl (C=O) groups excluding carboxylic acids is 1. The van der Waals surface area contributed by atoms with E-state index in [2.05, 4.69) is 17.4 Å². The fourth-order valence-electron chi connectivity index (χ4n) is 1.57. The Morgan fingerprint density at radius 2 is 2.31 bits per heavy atom. The Hall–Kier alpha value is -0.610. The van der Waals surface area contributed by atoms with Gasteiger partial charge in [0.15, 0.2) is 0 Å². The molecular weight excluding hydrogens is 166 g/mol. The molecular formula is C9H19N3O. The molecule has 1 fully saturated rings. The monoisotopic (exact) mass is 185 g/mol. The van der Waals surface area contributed by atoms with Crippen molar-refractivity contribution in [3.05, 3.63) is 0 Å². The van der Waals surface area contributed by atoms with Gasteiger partial charge in [-0.3, -0.25) is 10.2 Å². The summed E-state index contributed by atoms with van der Waals surface area (Å²) in [4.78, 5) is 13.1. The molecule has 76 valence electrons. The number of nitrogens with two attached hydrogens (primary N) is 1. The summed E-state index contributed by atoms with van der Waals surface area (Å²) in [5.41, 5.74) is 2.14. The molecule has 13 heavy (non-hydrogen) atoms. The highest BCUT2D eigenvalue weighted by Crippen LogP contribution is 2.23. The summed E-state index contributed by atoms with van der Waals surface area (Å²) in [7, 11) is 2.13. The van der Waals surface area contributed by atoms with Crippen LogP contribution < -0.4 is 11.3 Å². The maximum absolute atomic E-state index is 10.8. The zero-order chi connectivity index (χ0) is 9.68. The second-order valence-electron chi connectivity index (χ2n) is 3.74. The summed E-state index contributed by atoms with van der Waals surface area (Å²) in [6.45, 7) is 0.998. The largest absolute Gasteiger partial charge is 0.303 e. The van der Waals surface area contributed by atoms with Gasteiger partial charge in [-0.2, -0.15) is 0 Å². The minimum Gasteiger partial charge on any atom is -0.303 e. The van der Waals surface area contributed by atoms with Crippen LogP contribution in [-0.2, 0) is 4.79 Å². The smallest absolute Gasteiger partial charge is 0.233 e. The van der Waals surface area contributed by atoms with Gasteiger partial charge in [0, 0.05) is 12.5 Å². The Kier molecular flexibility index (Phi) is 4.18. The number of hydrogen-bond donors (Lipinski definition) is 2. The van der Waals surface area contributed by atoms with Crippen LogP contribution in [0.1, 0.15) is 32.1 Å². The van der Waals surface area contributed by atoms with E-state index in [9.17, 15) is 4.79 Å². The first kappa shape index (κ1) is 10.5. The van der Waals surface area contributed by atoms with Gasteiger partial charge in [0.2, 0.25) is 5.91 Å². The minimum absolute atomic E-state index is 0.0676. The van der Waals surface area contributed by atoms with Crippen molar-refractivity contribution in [1.29, 1.82) is 0 Å². The van der Waals surface area contributed by atoms with Crippen LogP contribution in [0.15, 0.2) is 0 Å². The van der Waals surface area contributed by atoms with Gasteiger partial charge < -0.3 is 4.90 Å². The van der Waals surface area contributed by atoms with Gasteiger partial charge in [0.25, 0.3) is 0 Å². The maximum atomic E-state index is 10.8. The summed E-state index contributed by atoms with van der Waals surface area (Å²) in [5.74, 6) is 4.91. The maximum Gasteiger partial charge on any atom is 0.233 e. The number of carbonyl (C=O) groups is 1. The molecule has 0 unspecified atom stereocenters. The quantitative estimate of drug-likeness (QED) is 0.366. The Morgan fingerprint density at radius 1 is 1.62 bits per heavy atom. The van der Waals surface area contributed by atoms with E-state index in [1.54, 1.807) is 0 Å². The van der Waals surface area contributed by atoms with Gasteiger partial charge in [-0.25, -0.2) is 5.84 Å². The summed E-state index contributed by atoms with van der Waals surface area (Å²) in [6, 6.07) is 0.765. The van der Waals surface area contributed by atoms with Crippen molar-refractivity contribution in [2.24, 2.45) is 5.84 Å². The first-order valence-corrected chi connectivity index (χ1v) is 4.93. The fraction of sp³-hybridized carbons (Fsp3) is 0.889. The third-order valence-electron chi connectivity index (χ3n) is 2.77. The predicted octanol–water partition coefficient (Wildman–Crippen LogP) is 0.241. The second-order valence-corrected chi connectivity index (χ2v) is 3.74. The molecule has 0 radical (unpaired) electrons. The predicted molar refractivity (Wildman–Crippen MR) is 51.8 cm³/mol. The van der Waals surface area contributed by atoms with E-state index in [1.807, 2.05) is 0 Å². The molecule has 0 saturated heterocycles. The number of nitrogens with one attached hydrogen (secondary N) is 1. The lowest BCUT2D eigenvalue weighted by Crippen LogP contribution is -2.38. The summed E-state index contributed by atoms with van der Waals surface area (Å²) < 4.78 is 0. The zero-order valence-corrected chi connectivity index (χ0v) is 8.25. The SMILES string of the molecule is CN(CCCC(=O)NN)C1CCC1. The van der Waals surface area contributed by atoms with Crippen molar-refractivity contribution >= 4 is 5.91 Å². The van der Waals surface area contributed by atoms with Crippen LogP contribution in [-0.4, -0.2) is 30.4 Å². The van der Waals surface area contributed by atoms with Gasteiger partial charge in [-0.05, 0) is 32.9 Å². The second kappa shape index (κ2) is 5.19. The third kappa shape index (κ3) is 3.32. The number of nitrogens with zero attached hydrogens (tertiary/aromatic N) is 1. The third-order valence-corrected chi connectivity index (χ3v) is 2.77. The molecule has 0 aromatic heterocycles. The summed E-state index contributed by atoms with van der Waals surface area (Å²) >= 11 is 0. The molecule has 1 amide bonds. The zero-order valence-electron chi connectivity index (χ0n) is 8.25. The molecule has 0 spiro atoms. The van der Waals surface area contributed by atoms with Crippen LogP contribution in [0, 0.1) is 0 Å². The topological polar surface area (TPSA) is 58.4 Å².